The Morgan fingerprint density at radius 3 is 2.19 bits per heavy atom. The van der Waals surface area contributed by atoms with Gasteiger partial charge in [0.1, 0.15) is 11.7 Å². The van der Waals surface area contributed by atoms with E-state index in [1.54, 1.807) is 17.0 Å². The third-order valence-electron chi connectivity index (χ3n) is 7.61. The number of Topliss-reactive ketones (excluding diaryl/α,β-unsaturated/α-hetero) is 1. The largest absolute Gasteiger partial charge is 0.444 e. The van der Waals surface area contributed by atoms with Gasteiger partial charge in [0.05, 0.1) is 17.4 Å². The van der Waals surface area contributed by atoms with Gasteiger partial charge in [-0.1, -0.05) is 0 Å². The van der Waals surface area contributed by atoms with Crippen LogP contribution in [0.15, 0.2) is 36.5 Å². The van der Waals surface area contributed by atoms with E-state index in [4.69, 9.17) is 10.00 Å². The van der Waals surface area contributed by atoms with Crippen LogP contribution in [0.1, 0.15) is 44.9 Å². The van der Waals surface area contributed by atoms with Crippen LogP contribution in [0.2, 0.25) is 0 Å². The van der Waals surface area contributed by atoms with Gasteiger partial charge in [0.15, 0.2) is 22.5 Å². The molecular formula is C28H29F3N6O4S. The molecule has 42 heavy (non-hydrogen) atoms. The first-order valence-corrected chi connectivity index (χ1v) is 13.8. The molecule has 2 saturated heterocycles. The van der Waals surface area contributed by atoms with Crippen LogP contribution in [0.4, 0.5) is 35.0 Å². The number of rotatable bonds is 3. The molecular weight excluding hydrogens is 573 g/mol. The molecule has 1 saturated carbocycles. The van der Waals surface area contributed by atoms with Crippen LogP contribution < -0.4 is 14.7 Å². The molecule has 2 atom stereocenters. The van der Waals surface area contributed by atoms with Gasteiger partial charge < -0.3 is 19.4 Å². The Bertz CT molecular complexity index is 1460. The number of pyridine rings is 1. The summed E-state index contributed by atoms with van der Waals surface area (Å²) in [5, 5.41) is 9.10. The second-order valence-corrected chi connectivity index (χ2v) is 11.8. The van der Waals surface area contributed by atoms with Gasteiger partial charge in [0.25, 0.3) is 5.91 Å². The first kappa shape index (κ1) is 29.5. The Kier molecular flexibility index (Phi) is 7.29. The molecule has 2 aromatic rings. The number of piperazine rings is 1. The van der Waals surface area contributed by atoms with Crippen LogP contribution in [-0.2, 0) is 20.5 Å². The number of aromatic nitrogens is 1. The number of hydrogen-bond donors (Lipinski definition) is 1. The summed E-state index contributed by atoms with van der Waals surface area (Å²) in [4.78, 5) is 49.0. The molecule has 3 fully saturated rings. The lowest BCUT2D eigenvalue weighted by Crippen LogP contribution is -2.63. The van der Waals surface area contributed by atoms with Crippen LogP contribution in [0.25, 0.3) is 0 Å². The van der Waals surface area contributed by atoms with Gasteiger partial charge in [-0.05, 0) is 57.5 Å². The predicted octanol–water partition coefficient (Wildman–Crippen LogP) is 4.20. The maximum atomic E-state index is 13.7. The molecule has 1 spiro atoms. The maximum absolute atomic E-state index is 13.7. The summed E-state index contributed by atoms with van der Waals surface area (Å²) >= 11 is 4.59. The lowest BCUT2D eigenvalue weighted by Gasteiger charge is -2.43. The van der Waals surface area contributed by atoms with Crippen LogP contribution in [0.3, 0.4) is 0 Å². The van der Waals surface area contributed by atoms with Crippen molar-refractivity contribution in [2.75, 3.05) is 40.9 Å². The maximum Gasteiger partial charge on any atom is 0.419 e. The molecule has 1 aromatic carbocycles. The van der Waals surface area contributed by atoms with Gasteiger partial charge >= 0.3 is 12.3 Å². The van der Waals surface area contributed by atoms with Gasteiger partial charge in [0.2, 0.25) is 0 Å². The summed E-state index contributed by atoms with van der Waals surface area (Å²) in [7, 11) is 0. The van der Waals surface area contributed by atoms with Crippen LogP contribution in [0, 0.1) is 11.3 Å². The number of carbonyl (C=O) groups excluding carboxylic acids is 3. The van der Waals surface area contributed by atoms with E-state index in [0.717, 1.165) is 16.8 Å². The molecule has 2 amide bonds. The summed E-state index contributed by atoms with van der Waals surface area (Å²) in [5.74, 6) is -1.05. The number of benzene rings is 1. The number of anilines is 3. The monoisotopic (exact) mass is 602 g/mol. The van der Waals surface area contributed by atoms with Crippen LogP contribution in [0.5, 0.6) is 0 Å². The number of nitrogens with zero attached hydrogens (tertiary/aromatic N) is 6. The third kappa shape index (κ3) is 4.99. The minimum atomic E-state index is -4.87. The quantitative estimate of drug-likeness (QED) is 0.412. The fourth-order valence-electron chi connectivity index (χ4n) is 5.46. The van der Waals surface area contributed by atoms with Crippen molar-refractivity contribution in [3.63, 3.8) is 0 Å². The van der Waals surface area contributed by atoms with Crippen molar-refractivity contribution in [3.05, 3.63) is 47.8 Å². The molecule has 3 aliphatic rings. The van der Waals surface area contributed by atoms with Gasteiger partial charge in [0, 0.05) is 44.0 Å². The highest BCUT2D eigenvalue weighted by atomic mass is 32.1. The summed E-state index contributed by atoms with van der Waals surface area (Å²) in [6, 6.07) is 9.24. The molecule has 222 valence electrons. The van der Waals surface area contributed by atoms with Gasteiger partial charge in [-0.2, -0.15) is 18.4 Å². The fraction of sp³-hybridized carbons (Fsp3) is 0.464. The van der Waals surface area contributed by atoms with Crippen molar-refractivity contribution in [1.29, 1.82) is 5.26 Å². The Morgan fingerprint density at radius 1 is 1.07 bits per heavy atom. The Hall–Kier alpha value is -3.99. The van der Waals surface area contributed by atoms with E-state index in [-0.39, 0.29) is 30.4 Å². The SMILES string of the molecule is CC(C)(C)OC(=O)N1CCN(c2ccc(N3C(S)N(c4cnc(C#N)c(C(F)(F)F)c4)C(=O)C34CCC4=O)cc2)CC1. The topological polar surface area (TPSA) is 110 Å². The van der Waals surface area contributed by atoms with E-state index in [9.17, 15) is 27.6 Å². The van der Waals surface area contributed by atoms with E-state index in [0.29, 0.717) is 37.9 Å². The standard InChI is InChI=1S/C28H29F3N6O4S/c1-26(2,3)41-25(40)35-12-10-34(11-13-35)17-4-6-18(7-5-17)37-24(42)36(23(39)27(37)9-8-22(27)38)19-14-20(28(29,30)31)21(15-32)33-16-19/h4-7,14,16,24,42H,8-13H2,1-3H3. The molecule has 3 heterocycles. The minimum absolute atomic E-state index is 0.149. The van der Waals surface area contributed by atoms with Crippen molar-refractivity contribution in [3.8, 4) is 6.07 Å². The van der Waals surface area contributed by atoms with Gasteiger partial charge in [-0.3, -0.25) is 14.5 Å². The van der Waals surface area contributed by atoms with E-state index in [1.807, 2.05) is 32.9 Å². The molecule has 1 aromatic heterocycles. The summed E-state index contributed by atoms with van der Waals surface area (Å²) in [6.07, 6.45) is -3.90. The predicted molar refractivity (Wildman–Crippen MR) is 150 cm³/mol. The van der Waals surface area contributed by atoms with Crippen molar-refractivity contribution in [2.24, 2.45) is 0 Å². The molecule has 0 radical (unpaired) electrons. The molecule has 10 nitrogen and oxygen atoms in total. The number of hydrogen-bond acceptors (Lipinski definition) is 9. The number of amides is 2. The molecule has 1 aliphatic carbocycles. The summed E-state index contributed by atoms with van der Waals surface area (Å²) in [6.45, 7) is 7.52. The fourth-order valence-corrected chi connectivity index (χ4v) is 6.03. The number of ketones is 1. The molecule has 0 bridgehead atoms. The number of ether oxygens (including phenoxy) is 1. The van der Waals surface area contributed by atoms with Crippen LogP contribution in [-0.4, -0.2) is 70.5 Å². The first-order valence-electron chi connectivity index (χ1n) is 13.3. The van der Waals surface area contributed by atoms with Crippen molar-refractivity contribution in [1.82, 2.24) is 9.88 Å². The lowest BCUT2D eigenvalue weighted by molar-refractivity contribution is -0.140. The zero-order chi connectivity index (χ0) is 30.6. The second-order valence-electron chi connectivity index (χ2n) is 11.3. The Morgan fingerprint density at radius 2 is 1.69 bits per heavy atom. The summed E-state index contributed by atoms with van der Waals surface area (Å²) < 4.78 is 46.4. The van der Waals surface area contributed by atoms with Gasteiger partial charge in [-0.25, -0.2) is 9.78 Å². The number of nitriles is 1. The van der Waals surface area contributed by atoms with Crippen LogP contribution >= 0.6 is 12.6 Å². The molecule has 5 rings (SSSR count). The smallest absolute Gasteiger partial charge is 0.419 e. The van der Waals surface area contributed by atoms with Crippen molar-refractivity contribution < 1.29 is 32.3 Å². The first-order chi connectivity index (χ1) is 19.7. The number of carbonyl (C=O) groups is 3. The highest BCUT2D eigenvalue weighted by Gasteiger charge is 2.66. The van der Waals surface area contributed by atoms with E-state index in [1.165, 1.54) is 11.0 Å². The highest BCUT2D eigenvalue weighted by molar-refractivity contribution is 7.81. The average Bonchev–Trinajstić information content (AvgIpc) is 3.18. The number of thiol groups is 1. The number of halogens is 3. The van der Waals surface area contributed by atoms with E-state index >= 15 is 0 Å². The van der Waals surface area contributed by atoms with Gasteiger partial charge in [-0.15, -0.1) is 12.6 Å². The van der Waals surface area contributed by atoms with E-state index in [2.05, 4.69) is 22.5 Å². The third-order valence-corrected chi connectivity index (χ3v) is 8.07. The highest BCUT2D eigenvalue weighted by Crippen LogP contribution is 2.49. The molecule has 2 aliphatic heterocycles. The molecule has 2 unspecified atom stereocenters. The zero-order valence-corrected chi connectivity index (χ0v) is 24.1. The molecule has 0 N–H and O–H groups in total. The zero-order valence-electron chi connectivity index (χ0n) is 23.2. The Labute approximate surface area is 246 Å². The molecule has 14 heteroatoms. The van der Waals surface area contributed by atoms with Crippen molar-refractivity contribution >= 4 is 47.5 Å². The normalized spacial score (nSPS) is 22.9. The van der Waals surface area contributed by atoms with E-state index < -0.39 is 40.0 Å². The average molecular weight is 603 g/mol. The minimum Gasteiger partial charge on any atom is -0.444 e. The number of alkyl halides is 3. The summed E-state index contributed by atoms with van der Waals surface area (Å²) in [5.41, 5.74) is -4.25. The second kappa shape index (κ2) is 10.4. The lowest BCUT2D eigenvalue weighted by atomic mass is 9.73. The Balaban J connectivity index is 1.39. The van der Waals surface area contributed by atoms with Crippen molar-refractivity contribution in [2.45, 2.75) is 56.4 Å².